The van der Waals surface area contributed by atoms with E-state index in [0.29, 0.717) is 6.54 Å². The minimum Gasteiger partial charge on any atom is -0.472 e. The SMILES string of the molecule is c1cc(-c2nc(CSc3nnnn3CC3CCCO3)cs2)co1. The molecule has 0 aromatic carbocycles. The van der Waals surface area contributed by atoms with Gasteiger partial charge in [0.25, 0.3) is 0 Å². The average molecular weight is 349 g/mol. The molecule has 0 N–H and O–H groups in total. The number of thioether (sulfide) groups is 1. The van der Waals surface area contributed by atoms with Crippen molar-refractivity contribution in [3.05, 3.63) is 29.7 Å². The molecule has 1 aliphatic heterocycles. The second kappa shape index (κ2) is 6.81. The lowest BCUT2D eigenvalue weighted by molar-refractivity contribution is 0.0912. The Kier molecular flexibility index (Phi) is 4.40. The van der Waals surface area contributed by atoms with Crippen LogP contribution < -0.4 is 0 Å². The quantitative estimate of drug-likeness (QED) is 0.633. The van der Waals surface area contributed by atoms with E-state index in [9.17, 15) is 0 Å². The third kappa shape index (κ3) is 3.46. The maximum atomic E-state index is 5.64. The van der Waals surface area contributed by atoms with Crippen molar-refractivity contribution in [1.82, 2.24) is 25.2 Å². The fourth-order valence-corrected chi connectivity index (χ4v) is 4.12. The molecule has 0 spiro atoms. The Morgan fingerprint density at radius 1 is 1.43 bits per heavy atom. The van der Waals surface area contributed by atoms with E-state index in [1.807, 2.05) is 10.7 Å². The van der Waals surface area contributed by atoms with Gasteiger partial charge in [0.05, 0.1) is 24.6 Å². The monoisotopic (exact) mass is 349 g/mol. The van der Waals surface area contributed by atoms with Crippen molar-refractivity contribution in [3.63, 3.8) is 0 Å². The van der Waals surface area contributed by atoms with Gasteiger partial charge < -0.3 is 9.15 Å². The van der Waals surface area contributed by atoms with E-state index in [4.69, 9.17) is 9.15 Å². The lowest BCUT2D eigenvalue weighted by Crippen LogP contribution is -2.16. The van der Waals surface area contributed by atoms with Gasteiger partial charge in [-0.1, -0.05) is 11.8 Å². The molecule has 120 valence electrons. The molecule has 1 atom stereocenters. The standard InChI is InChI=1S/C14H15N5O2S2/c1-2-12(21-4-1)6-19-14(16-17-18-19)23-9-11-8-22-13(15-11)10-3-5-20-7-10/h3,5,7-8,12H,1-2,4,6,9H2. The second-order valence-corrected chi connectivity index (χ2v) is 7.02. The van der Waals surface area contributed by atoms with E-state index in [1.165, 1.54) is 0 Å². The molecule has 4 rings (SSSR count). The fraction of sp³-hybridized carbons (Fsp3) is 0.429. The van der Waals surface area contributed by atoms with Crippen LogP contribution in [-0.2, 0) is 17.0 Å². The Balaban J connectivity index is 1.38. The van der Waals surface area contributed by atoms with Crippen molar-refractivity contribution in [2.24, 2.45) is 0 Å². The van der Waals surface area contributed by atoms with Crippen molar-refractivity contribution < 1.29 is 9.15 Å². The summed E-state index contributed by atoms with van der Waals surface area (Å²) in [4.78, 5) is 4.62. The number of nitrogens with zero attached hydrogens (tertiary/aromatic N) is 5. The van der Waals surface area contributed by atoms with E-state index in [2.05, 4.69) is 25.9 Å². The molecule has 23 heavy (non-hydrogen) atoms. The highest BCUT2D eigenvalue weighted by molar-refractivity contribution is 7.98. The Labute approximate surface area is 141 Å². The van der Waals surface area contributed by atoms with Crippen LogP contribution >= 0.6 is 23.1 Å². The fourth-order valence-electron chi connectivity index (χ4n) is 2.43. The molecule has 1 aliphatic rings. The number of ether oxygens (including phenoxy) is 1. The topological polar surface area (TPSA) is 78.9 Å². The van der Waals surface area contributed by atoms with Crippen LogP contribution in [0.4, 0.5) is 0 Å². The minimum absolute atomic E-state index is 0.227. The first-order valence-corrected chi connectivity index (χ1v) is 9.22. The highest BCUT2D eigenvalue weighted by Gasteiger charge is 2.19. The Morgan fingerprint density at radius 2 is 2.43 bits per heavy atom. The summed E-state index contributed by atoms with van der Waals surface area (Å²) in [6.07, 6.45) is 5.78. The van der Waals surface area contributed by atoms with E-state index in [-0.39, 0.29) is 6.10 Å². The zero-order valence-corrected chi connectivity index (χ0v) is 13.9. The molecule has 1 saturated heterocycles. The first kappa shape index (κ1) is 14.9. The number of hydrogen-bond acceptors (Lipinski definition) is 8. The maximum Gasteiger partial charge on any atom is 0.209 e. The smallest absolute Gasteiger partial charge is 0.209 e. The number of rotatable bonds is 6. The molecule has 9 heteroatoms. The molecule has 1 fully saturated rings. The van der Waals surface area contributed by atoms with E-state index in [1.54, 1.807) is 35.6 Å². The van der Waals surface area contributed by atoms with Gasteiger partial charge in [0, 0.05) is 23.3 Å². The van der Waals surface area contributed by atoms with Gasteiger partial charge in [-0.3, -0.25) is 0 Å². The molecular formula is C14H15N5O2S2. The Bertz CT molecular complexity index is 749. The highest BCUT2D eigenvalue weighted by atomic mass is 32.2. The molecule has 0 amide bonds. The van der Waals surface area contributed by atoms with Crippen molar-refractivity contribution in [2.75, 3.05) is 6.61 Å². The number of tetrazole rings is 1. The number of hydrogen-bond donors (Lipinski definition) is 0. The van der Waals surface area contributed by atoms with Gasteiger partial charge in [-0.2, -0.15) is 0 Å². The molecule has 4 heterocycles. The van der Waals surface area contributed by atoms with E-state index >= 15 is 0 Å². The zero-order chi connectivity index (χ0) is 15.5. The van der Waals surface area contributed by atoms with Gasteiger partial charge in [-0.25, -0.2) is 9.67 Å². The third-order valence-electron chi connectivity index (χ3n) is 3.57. The molecule has 0 bridgehead atoms. The minimum atomic E-state index is 0.227. The van der Waals surface area contributed by atoms with Gasteiger partial charge in [-0.05, 0) is 29.3 Å². The first-order valence-electron chi connectivity index (χ1n) is 7.36. The van der Waals surface area contributed by atoms with E-state index in [0.717, 1.165) is 46.6 Å². The van der Waals surface area contributed by atoms with Gasteiger partial charge in [-0.15, -0.1) is 16.4 Å². The normalized spacial score (nSPS) is 17.8. The van der Waals surface area contributed by atoms with Crippen LogP contribution in [0.15, 0.2) is 33.5 Å². The number of furan rings is 1. The summed E-state index contributed by atoms with van der Waals surface area (Å²) in [7, 11) is 0. The van der Waals surface area contributed by atoms with Crippen LogP contribution in [-0.4, -0.2) is 37.9 Å². The summed E-state index contributed by atoms with van der Waals surface area (Å²) >= 11 is 3.20. The Morgan fingerprint density at radius 3 is 3.26 bits per heavy atom. The molecule has 0 radical (unpaired) electrons. The largest absolute Gasteiger partial charge is 0.472 e. The van der Waals surface area contributed by atoms with Crippen molar-refractivity contribution in [2.45, 2.75) is 36.4 Å². The Hall–Kier alpha value is -1.71. The third-order valence-corrected chi connectivity index (χ3v) is 5.50. The number of thiazole rings is 1. The summed E-state index contributed by atoms with van der Waals surface area (Å²) < 4.78 is 12.6. The molecular weight excluding hydrogens is 334 g/mol. The van der Waals surface area contributed by atoms with Crippen molar-refractivity contribution >= 4 is 23.1 Å². The van der Waals surface area contributed by atoms with Gasteiger partial charge in [0.15, 0.2) is 0 Å². The average Bonchev–Trinajstić information content (AvgIpc) is 3.34. The molecule has 3 aromatic rings. The molecule has 1 unspecified atom stereocenters. The van der Waals surface area contributed by atoms with Gasteiger partial charge >= 0.3 is 0 Å². The predicted octanol–water partition coefficient (Wildman–Crippen LogP) is 2.86. The molecule has 7 nitrogen and oxygen atoms in total. The molecule has 0 saturated carbocycles. The van der Waals surface area contributed by atoms with Crippen LogP contribution in [0.5, 0.6) is 0 Å². The van der Waals surface area contributed by atoms with Gasteiger partial charge in [0.1, 0.15) is 11.3 Å². The summed E-state index contributed by atoms with van der Waals surface area (Å²) in [5, 5.41) is 15.8. The first-order chi connectivity index (χ1) is 11.4. The lowest BCUT2D eigenvalue weighted by Gasteiger charge is -2.09. The van der Waals surface area contributed by atoms with E-state index < -0.39 is 0 Å². The summed E-state index contributed by atoms with van der Waals surface area (Å²) in [6, 6.07) is 1.91. The van der Waals surface area contributed by atoms with Crippen LogP contribution in [0.1, 0.15) is 18.5 Å². The van der Waals surface area contributed by atoms with Crippen molar-refractivity contribution in [3.8, 4) is 10.6 Å². The molecule has 3 aromatic heterocycles. The van der Waals surface area contributed by atoms with Crippen LogP contribution in [0.3, 0.4) is 0 Å². The molecule has 0 aliphatic carbocycles. The summed E-state index contributed by atoms with van der Waals surface area (Å²) in [5.74, 6) is 0.736. The zero-order valence-electron chi connectivity index (χ0n) is 12.3. The predicted molar refractivity (Wildman–Crippen MR) is 86.2 cm³/mol. The summed E-state index contributed by atoms with van der Waals surface area (Å²) in [5.41, 5.74) is 2.03. The highest BCUT2D eigenvalue weighted by Crippen LogP contribution is 2.27. The van der Waals surface area contributed by atoms with Crippen LogP contribution in [0.25, 0.3) is 10.6 Å². The number of aromatic nitrogens is 5. The van der Waals surface area contributed by atoms with Crippen LogP contribution in [0.2, 0.25) is 0 Å². The van der Waals surface area contributed by atoms with Crippen LogP contribution in [0, 0.1) is 0 Å². The van der Waals surface area contributed by atoms with Crippen molar-refractivity contribution in [1.29, 1.82) is 0 Å². The maximum absolute atomic E-state index is 5.64. The second-order valence-electron chi connectivity index (χ2n) is 5.22. The lowest BCUT2D eigenvalue weighted by atomic mass is 10.2. The van der Waals surface area contributed by atoms with Gasteiger partial charge in [0.2, 0.25) is 5.16 Å². The summed E-state index contributed by atoms with van der Waals surface area (Å²) in [6.45, 7) is 1.55.